The van der Waals surface area contributed by atoms with Gasteiger partial charge < -0.3 is 14.2 Å². The highest BCUT2D eigenvalue weighted by Gasteiger charge is 2.23. The van der Waals surface area contributed by atoms with Gasteiger partial charge in [-0.1, -0.05) is 42.1 Å². The fraction of sp³-hybridized carbons (Fsp3) is 0.348. The highest BCUT2D eigenvalue weighted by Crippen LogP contribution is 2.26. The van der Waals surface area contributed by atoms with Crippen molar-refractivity contribution in [3.05, 3.63) is 59.2 Å². The fourth-order valence-electron chi connectivity index (χ4n) is 3.68. The molecule has 0 saturated carbocycles. The molecule has 3 aromatic rings. The third-order valence-electron chi connectivity index (χ3n) is 5.65. The number of benzene rings is 2. The average molecular weight is 423 g/mol. The maximum atomic E-state index is 12.7. The van der Waals surface area contributed by atoms with E-state index in [9.17, 15) is 4.79 Å². The van der Waals surface area contributed by atoms with Crippen molar-refractivity contribution in [2.24, 2.45) is 0 Å². The van der Waals surface area contributed by atoms with Crippen molar-refractivity contribution in [2.75, 3.05) is 36.8 Å². The van der Waals surface area contributed by atoms with Crippen LogP contribution in [-0.4, -0.2) is 52.9 Å². The average Bonchev–Trinajstić information content (AvgIpc) is 3.23. The Bertz CT molecular complexity index is 1040. The second-order valence-electron chi connectivity index (χ2n) is 7.56. The van der Waals surface area contributed by atoms with E-state index in [0.29, 0.717) is 16.9 Å². The summed E-state index contributed by atoms with van der Waals surface area (Å²) in [4.78, 5) is 17.0. The van der Waals surface area contributed by atoms with Crippen LogP contribution < -0.4 is 4.90 Å². The molecule has 0 N–H and O–H groups in total. The van der Waals surface area contributed by atoms with E-state index in [1.807, 2.05) is 36.1 Å². The van der Waals surface area contributed by atoms with E-state index in [2.05, 4.69) is 47.1 Å². The summed E-state index contributed by atoms with van der Waals surface area (Å²) < 4.78 is 5.75. The number of hydrogen-bond acceptors (Lipinski definition) is 6. The van der Waals surface area contributed by atoms with E-state index >= 15 is 0 Å². The Labute approximate surface area is 181 Å². The standard InChI is InChI=1S/C23H26N4O2S/c1-16-8-6-10-20(18(16)3)26-11-13-27(14-12-26)21(28)15-30-23-25-24-22(29-23)19-9-5-4-7-17(19)2/h4-10H,11-15H2,1-3H3. The van der Waals surface area contributed by atoms with E-state index in [0.717, 1.165) is 37.3 Å². The second-order valence-corrected chi connectivity index (χ2v) is 8.49. The molecule has 0 atom stereocenters. The van der Waals surface area contributed by atoms with E-state index in [1.165, 1.54) is 28.6 Å². The van der Waals surface area contributed by atoms with Gasteiger partial charge in [-0.3, -0.25) is 4.79 Å². The van der Waals surface area contributed by atoms with Crippen LogP contribution in [0.25, 0.3) is 11.5 Å². The summed E-state index contributed by atoms with van der Waals surface area (Å²) in [7, 11) is 0. The van der Waals surface area contributed by atoms with Crippen LogP contribution in [0.5, 0.6) is 0 Å². The van der Waals surface area contributed by atoms with Gasteiger partial charge in [0.1, 0.15) is 0 Å². The number of aromatic nitrogens is 2. The smallest absolute Gasteiger partial charge is 0.277 e. The third kappa shape index (κ3) is 4.36. The van der Waals surface area contributed by atoms with Gasteiger partial charge in [0.25, 0.3) is 5.22 Å². The first-order chi connectivity index (χ1) is 14.5. The Morgan fingerprint density at radius 2 is 1.70 bits per heavy atom. The summed E-state index contributed by atoms with van der Waals surface area (Å²) >= 11 is 1.30. The second kappa shape index (κ2) is 8.92. The molecule has 0 spiro atoms. The van der Waals surface area contributed by atoms with Gasteiger partial charge in [-0.15, -0.1) is 10.2 Å². The van der Waals surface area contributed by atoms with E-state index in [4.69, 9.17) is 4.42 Å². The third-order valence-corrected chi connectivity index (χ3v) is 6.45. The number of rotatable bonds is 5. The van der Waals surface area contributed by atoms with Crippen LogP contribution >= 0.6 is 11.8 Å². The largest absolute Gasteiger partial charge is 0.411 e. The molecule has 30 heavy (non-hydrogen) atoms. The lowest BCUT2D eigenvalue weighted by atomic mass is 10.1. The monoisotopic (exact) mass is 422 g/mol. The number of anilines is 1. The van der Waals surface area contributed by atoms with Gasteiger partial charge in [-0.2, -0.15) is 0 Å². The summed E-state index contributed by atoms with van der Waals surface area (Å²) in [5.41, 5.74) is 5.88. The number of amides is 1. The molecule has 1 saturated heterocycles. The van der Waals surface area contributed by atoms with Crippen LogP contribution in [-0.2, 0) is 4.79 Å². The molecule has 1 aromatic heterocycles. The molecular weight excluding hydrogens is 396 g/mol. The molecule has 0 bridgehead atoms. The van der Waals surface area contributed by atoms with Crippen molar-refractivity contribution in [3.8, 4) is 11.5 Å². The zero-order valence-electron chi connectivity index (χ0n) is 17.6. The van der Waals surface area contributed by atoms with Gasteiger partial charge >= 0.3 is 0 Å². The van der Waals surface area contributed by atoms with Gasteiger partial charge in [0.05, 0.1) is 5.75 Å². The lowest BCUT2D eigenvalue weighted by Gasteiger charge is -2.37. The summed E-state index contributed by atoms with van der Waals surface area (Å²) in [6.45, 7) is 9.45. The number of piperazine rings is 1. The molecule has 1 aliphatic heterocycles. The quantitative estimate of drug-likeness (QED) is 0.577. The molecule has 6 nitrogen and oxygen atoms in total. The molecular formula is C23H26N4O2S. The first-order valence-electron chi connectivity index (χ1n) is 10.1. The van der Waals surface area contributed by atoms with Crippen LogP contribution in [0.3, 0.4) is 0 Å². The Balaban J connectivity index is 1.31. The maximum absolute atomic E-state index is 12.7. The predicted octanol–water partition coefficient (Wildman–Crippen LogP) is 4.10. The van der Waals surface area contributed by atoms with Gasteiger partial charge in [0.2, 0.25) is 11.8 Å². The van der Waals surface area contributed by atoms with E-state index < -0.39 is 0 Å². The Hall–Kier alpha value is -2.80. The molecule has 4 rings (SSSR count). The number of nitrogens with zero attached hydrogens (tertiary/aromatic N) is 4. The topological polar surface area (TPSA) is 62.5 Å². The van der Waals surface area contributed by atoms with Gasteiger partial charge in [0.15, 0.2) is 0 Å². The zero-order valence-corrected chi connectivity index (χ0v) is 18.4. The molecule has 2 aromatic carbocycles. The van der Waals surface area contributed by atoms with E-state index in [-0.39, 0.29) is 5.91 Å². The van der Waals surface area contributed by atoms with Crippen molar-refractivity contribution in [3.63, 3.8) is 0 Å². The molecule has 1 fully saturated rings. The summed E-state index contributed by atoms with van der Waals surface area (Å²) in [5, 5.41) is 8.64. The molecule has 0 aliphatic carbocycles. The summed E-state index contributed by atoms with van der Waals surface area (Å²) in [6.07, 6.45) is 0. The minimum absolute atomic E-state index is 0.108. The van der Waals surface area contributed by atoms with Crippen molar-refractivity contribution in [1.29, 1.82) is 0 Å². The van der Waals surface area contributed by atoms with Crippen molar-refractivity contribution in [1.82, 2.24) is 15.1 Å². The predicted molar refractivity (Wildman–Crippen MR) is 120 cm³/mol. The Morgan fingerprint density at radius 1 is 0.967 bits per heavy atom. The molecule has 7 heteroatoms. The number of carbonyl (C=O) groups excluding carboxylic acids is 1. The zero-order chi connectivity index (χ0) is 21.1. The highest BCUT2D eigenvalue weighted by atomic mass is 32.2. The molecule has 0 unspecified atom stereocenters. The van der Waals surface area contributed by atoms with Crippen molar-refractivity contribution >= 4 is 23.4 Å². The minimum Gasteiger partial charge on any atom is -0.411 e. The molecule has 1 aliphatic rings. The van der Waals surface area contributed by atoms with Gasteiger partial charge in [-0.05, 0) is 49.6 Å². The Kier molecular flexibility index (Phi) is 6.08. The first kappa shape index (κ1) is 20.5. The van der Waals surface area contributed by atoms with Crippen LogP contribution in [0.2, 0.25) is 0 Å². The van der Waals surface area contributed by atoms with E-state index in [1.54, 1.807) is 0 Å². The molecule has 1 amide bonds. The fourth-order valence-corrected chi connectivity index (χ4v) is 4.35. The lowest BCUT2D eigenvalue weighted by molar-refractivity contribution is -0.128. The molecule has 2 heterocycles. The number of carbonyl (C=O) groups is 1. The maximum Gasteiger partial charge on any atom is 0.277 e. The normalized spacial score (nSPS) is 14.2. The number of hydrogen-bond donors (Lipinski definition) is 0. The van der Waals surface area contributed by atoms with Crippen molar-refractivity contribution in [2.45, 2.75) is 26.0 Å². The molecule has 0 radical (unpaired) electrons. The van der Waals surface area contributed by atoms with Crippen LogP contribution in [0.4, 0.5) is 5.69 Å². The van der Waals surface area contributed by atoms with Gasteiger partial charge in [0, 0.05) is 37.4 Å². The SMILES string of the molecule is Cc1ccccc1-c1nnc(SCC(=O)N2CCN(c3cccc(C)c3C)CC2)o1. The van der Waals surface area contributed by atoms with Crippen LogP contribution in [0.15, 0.2) is 52.1 Å². The number of aryl methyl sites for hydroxylation is 2. The lowest BCUT2D eigenvalue weighted by Crippen LogP contribution is -2.49. The Morgan fingerprint density at radius 3 is 2.47 bits per heavy atom. The van der Waals surface area contributed by atoms with Crippen LogP contribution in [0.1, 0.15) is 16.7 Å². The van der Waals surface area contributed by atoms with Gasteiger partial charge in [-0.25, -0.2) is 0 Å². The van der Waals surface area contributed by atoms with Crippen LogP contribution in [0, 0.1) is 20.8 Å². The van der Waals surface area contributed by atoms with Crippen molar-refractivity contribution < 1.29 is 9.21 Å². The first-order valence-corrected chi connectivity index (χ1v) is 11.1. The summed E-state index contributed by atoms with van der Waals surface area (Å²) in [6, 6.07) is 14.3. The highest BCUT2D eigenvalue weighted by molar-refractivity contribution is 7.99. The number of thioether (sulfide) groups is 1. The summed E-state index contributed by atoms with van der Waals surface area (Å²) in [5.74, 6) is 0.903. The minimum atomic E-state index is 0.108. The molecule has 156 valence electrons.